The van der Waals surface area contributed by atoms with Crippen LogP contribution in [-0.4, -0.2) is 133 Å². The molecule has 9 rings (SSSR count). The molecule has 3 aliphatic carbocycles. The van der Waals surface area contributed by atoms with E-state index < -0.39 is 40.7 Å². The maximum absolute atomic E-state index is 14.7. The number of hydrogen-bond acceptors (Lipinski definition) is 14. The van der Waals surface area contributed by atoms with Gasteiger partial charge in [0.1, 0.15) is 6.04 Å². The van der Waals surface area contributed by atoms with Gasteiger partial charge in [-0.25, -0.2) is 9.59 Å². The summed E-state index contributed by atoms with van der Waals surface area (Å²) >= 11 is 0. The van der Waals surface area contributed by atoms with Crippen molar-refractivity contribution in [1.29, 1.82) is 0 Å². The molecular formula is C68H91N13O10. The van der Waals surface area contributed by atoms with E-state index in [1.165, 1.54) is 35.0 Å². The van der Waals surface area contributed by atoms with Crippen LogP contribution < -0.4 is 44.5 Å². The molecule has 0 spiro atoms. The molecular weight excluding hydrogens is 1160 g/mol. The highest BCUT2D eigenvalue weighted by Crippen LogP contribution is 2.62. The van der Waals surface area contributed by atoms with Gasteiger partial charge in [-0.3, -0.25) is 33.3 Å². The number of anilines is 3. The van der Waals surface area contributed by atoms with Crippen molar-refractivity contribution in [2.75, 3.05) is 82.5 Å². The van der Waals surface area contributed by atoms with E-state index in [0.717, 1.165) is 134 Å². The van der Waals surface area contributed by atoms with Gasteiger partial charge >= 0.3 is 11.4 Å². The molecule has 6 amide bonds. The van der Waals surface area contributed by atoms with Crippen LogP contribution in [0.15, 0.2) is 91.9 Å². The molecule has 0 radical (unpaired) electrons. The van der Waals surface area contributed by atoms with Crippen LogP contribution in [0.25, 0.3) is 21.3 Å². The highest BCUT2D eigenvalue weighted by Gasteiger charge is 2.52. The van der Waals surface area contributed by atoms with Crippen molar-refractivity contribution in [2.45, 2.75) is 158 Å². The predicted octanol–water partition coefficient (Wildman–Crippen LogP) is 8.65. The van der Waals surface area contributed by atoms with Crippen LogP contribution in [-0.2, 0) is 41.2 Å². The Morgan fingerprint density at radius 2 is 1.10 bits per heavy atom. The smallest absolute Gasteiger partial charge is 0.378 e. The van der Waals surface area contributed by atoms with E-state index in [1.54, 1.807) is 19.0 Å². The number of likely N-dealkylation sites (tertiary alicyclic amines) is 1. The first kappa shape index (κ1) is 68.7. The summed E-state index contributed by atoms with van der Waals surface area (Å²) in [5.41, 5.74) is 32.6. The Morgan fingerprint density at radius 3 is 1.57 bits per heavy atom. The molecule has 2 bridgehead atoms. The third kappa shape index (κ3) is 17.0. The first-order valence-electron chi connectivity index (χ1n) is 32.5. The van der Waals surface area contributed by atoms with Crippen LogP contribution in [0.4, 0.5) is 17.1 Å². The fraction of sp³-hybridized carbons (Fsp3) is 0.529. The number of carbonyl (C=O) groups is 6. The van der Waals surface area contributed by atoms with Crippen molar-refractivity contribution in [3.05, 3.63) is 143 Å². The Kier molecular flexibility index (Phi) is 25.1. The molecule has 1 aliphatic heterocycles. The molecule has 2 heterocycles. The number of hydrogen-bond donors (Lipinski definition) is 6. The van der Waals surface area contributed by atoms with Crippen molar-refractivity contribution in [2.24, 2.45) is 29.4 Å². The number of nitrogens with two attached hydrogens (primary N) is 3. The topological polar surface area (TPSA) is 336 Å². The molecule has 9 N–H and O–H groups in total. The van der Waals surface area contributed by atoms with Crippen molar-refractivity contribution < 1.29 is 37.9 Å². The molecule has 23 heteroatoms. The lowest BCUT2D eigenvalue weighted by atomic mass is 9.51. The van der Waals surface area contributed by atoms with Crippen LogP contribution in [0.2, 0.25) is 0 Å². The lowest BCUT2D eigenvalue weighted by molar-refractivity contribution is -0.134. The van der Waals surface area contributed by atoms with Crippen molar-refractivity contribution in [1.82, 2.24) is 19.3 Å². The lowest BCUT2D eigenvalue weighted by Crippen LogP contribution is -2.47. The van der Waals surface area contributed by atoms with Crippen LogP contribution >= 0.6 is 0 Å². The third-order valence-electron chi connectivity index (χ3n) is 18.1. The summed E-state index contributed by atoms with van der Waals surface area (Å²) in [5.74, 6) is -2.55. The molecule has 5 aromatic rings. The van der Waals surface area contributed by atoms with E-state index >= 15 is 0 Å². The van der Waals surface area contributed by atoms with Crippen molar-refractivity contribution in [3.8, 4) is 0 Å². The Hall–Kier alpha value is -8.21. The molecule has 4 aliphatic rings. The summed E-state index contributed by atoms with van der Waals surface area (Å²) in [6, 6.07) is 20.7. The third-order valence-corrected chi connectivity index (χ3v) is 18.1. The minimum absolute atomic E-state index is 0.0345. The zero-order valence-corrected chi connectivity index (χ0v) is 53.1. The summed E-state index contributed by atoms with van der Waals surface area (Å²) in [5, 5.41) is 13.5. The number of benzene rings is 4. The fourth-order valence-electron chi connectivity index (χ4n) is 13.1. The maximum Gasteiger partial charge on any atom is 0.422 e. The summed E-state index contributed by atoms with van der Waals surface area (Å²) in [6.45, 7) is 2.47. The molecule has 1 aromatic heterocycles. The standard InChI is InChI=1S/C68H91N13O10/c1-78(35-37-90-38-36-79(2)65(87)58-43-49(76-77-72)44-81(58)64(86)45-22-26-53-57(39-45)80(3)67(89)91-66(53)88)62(85)30-31-68-54-40-46(73-59(82)19-13-7-4-10-16-32-69)23-27-50(54)63(51-28-24-47(41-55(51)68)74-60(83)20-14-8-5-11-17-33-70)52-29-25-48(42-56(52)68)75-61(84)21-15-9-6-12-18-34-71/h22-29,39-42,49,58,63H,4-21,30-38,43-44,69-71H2,1-3H3,(H,73,82)(H,74,83)(H,75,84)/t49?,58-,63?,68?/m0/s1. The number of amides is 6. The van der Waals surface area contributed by atoms with E-state index in [-0.39, 0.29) is 98.1 Å². The summed E-state index contributed by atoms with van der Waals surface area (Å²) in [4.78, 5) is 116. The molecule has 1 unspecified atom stereocenters. The van der Waals surface area contributed by atoms with Gasteiger partial charge in [0.05, 0.1) is 30.2 Å². The van der Waals surface area contributed by atoms with Gasteiger partial charge in [-0.15, -0.1) is 0 Å². The number of nitrogens with one attached hydrogen (secondary N) is 3. The van der Waals surface area contributed by atoms with Gasteiger partial charge in [0.2, 0.25) is 29.5 Å². The van der Waals surface area contributed by atoms with Crippen LogP contribution in [0, 0.1) is 0 Å². The van der Waals surface area contributed by atoms with Gasteiger partial charge in [-0.2, -0.15) is 0 Å². The number of aryl methyl sites for hydroxylation is 1. The SMILES string of the molecule is CN(CCOCCN(C)C(=O)[C@@H]1CC(N=[N+]=[N-])CN1C(=O)c1ccc2c(=O)oc(=O)n(C)c2c1)C(=O)CCC12c3cc(NC(=O)CCCCCCCN)ccc3C(c3ccc(NC(=O)CCCCCCCN)cc31)c1ccc(NC(=O)CCCCCCCN)cc12. The summed E-state index contributed by atoms with van der Waals surface area (Å²) in [7, 11) is 4.71. The van der Waals surface area contributed by atoms with Gasteiger partial charge in [0.15, 0.2) is 0 Å². The Bertz CT molecular complexity index is 3380. The number of likely N-dealkylation sites (N-methyl/N-ethyl adjacent to an activating group) is 2. The molecule has 91 heavy (non-hydrogen) atoms. The quantitative estimate of drug-likeness (QED) is 0.00947. The Labute approximate surface area is 531 Å². The lowest BCUT2D eigenvalue weighted by Gasteiger charge is -2.51. The highest BCUT2D eigenvalue weighted by molar-refractivity contribution is 6.01. The van der Waals surface area contributed by atoms with Gasteiger partial charge in [-0.05, 0) is 165 Å². The van der Waals surface area contributed by atoms with Crippen LogP contribution in [0.3, 0.4) is 0 Å². The molecule has 23 nitrogen and oxygen atoms in total. The zero-order chi connectivity index (χ0) is 65.0. The number of aromatic nitrogens is 1. The largest absolute Gasteiger partial charge is 0.422 e. The summed E-state index contributed by atoms with van der Waals surface area (Å²) < 4.78 is 11.9. The number of rotatable bonds is 36. The normalized spacial score (nSPS) is 16.8. The average Bonchev–Trinajstić information content (AvgIpc) is 0.931. The van der Waals surface area contributed by atoms with E-state index in [1.807, 2.05) is 36.4 Å². The van der Waals surface area contributed by atoms with Crippen LogP contribution in [0.1, 0.15) is 184 Å². The number of carbonyl (C=O) groups excluding carboxylic acids is 6. The average molecular weight is 1250 g/mol. The molecule has 4 aromatic carbocycles. The fourth-order valence-corrected chi connectivity index (χ4v) is 13.1. The second-order valence-electron chi connectivity index (χ2n) is 24.5. The minimum Gasteiger partial charge on any atom is -0.378 e. The minimum atomic E-state index is -1.01. The van der Waals surface area contributed by atoms with Gasteiger partial charge in [0, 0.05) is 105 Å². The van der Waals surface area contributed by atoms with Gasteiger partial charge in [-0.1, -0.05) is 81.1 Å². The number of azide groups is 1. The number of nitrogens with zero attached hydrogens (tertiary/aromatic N) is 7. The maximum atomic E-state index is 14.7. The predicted molar refractivity (Wildman–Crippen MR) is 352 cm³/mol. The van der Waals surface area contributed by atoms with Gasteiger partial charge in [0.25, 0.3) is 5.91 Å². The molecule has 1 fully saturated rings. The van der Waals surface area contributed by atoms with Crippen molar-refractivity contribution >= 4 is 63.4 Å². The van der Waals surface area contributed by atoms with Crippen molar-refractivity contribution in [3.63, 3.8) is 0 Å². The second-order valence-corrected chi connectivity index (χ2v) is 24.5. The number of fused-ring (bicyclic) bond motifs is 1. The summed E-state index contributed by atoms with van der Waals surface area (Å²) in [6.07, 6.45) is 15.4. The van der Waals surface area contributed by atoms with E-state index in [2.05, 4.69) is 44.2 Å². The monoisotopic (exact) mass is 1250 g/mol. The van der Waals surface area contributed by atoms with Gasteiger partial charge < -0.3 is 57.0 Å². The highest BCUT2D eigenvalue weighted by atomic mass is 16.5. The zero-order valence-electron chi connectivity index (χ0n) is 53.1. The Balaban J connectivity index is 1.00. The number of ether oxygens (including phenoxy) is 1. The number of unbranched alkanes of at least 4 members (excludes halogenated alkanes) is 12. The first-order chi connectivity index (χ1) is 44.0. The molecule has 2 atom stereocenters. The van der Waals surface area contributed by atoms with E-state index in [0.29, 0.717) is 56.0 Å². The molecule has 488 valence electrons. The second kappa shape index (κ2) is 33.2. The molecule has 0 saturated carbocycles. The Morgan fingerprint density at radius 1 is 0.637 bits per heavy atom. The van der Waals surface area contributed by atoms with E-state index in [9.17, 15) is 43.9 Å². The first-order valence-corrected chi connectivity index (χ1v) is 32.5. The van der Waals surface area contributed by atoms with Crippen LogP contribution in [0.5, 0.6) is 0 Å². The van der Waals surface area contributed by atoms with E-state index in [4.69, 9.17) is 26.4 Å². The molecule has 1 saturated heterocycles.